The van der Waals surface area contributed by atoms with Crippen LogP contribution in [0.4, 0.5) is 10.8 Å². The Kier molecular flexibility index (Phi) is 5.13. The Hall–Kier alpha value is -2.12. The van der Waals surface area contributed by atoms with Gasteiger partial charge in [0.05, 0.1) is 6.61 Å². The number of primary amides is 1. The summed E-state index contributed by atoms with van der Waals surface area (Å²) in [5.74, 6) is -0.413. The Bertz CT molecular complexity index is 627. The van der Waals surface area contributed by atoms with Crippen LogP contribution in [0.1, 0.15) is 28.4 Å². The van der Waals surface area contributed by atoms with E-state index in [0.29, 0.717) is 24.8 Å². The van der Waals surface area contributed by atoms with Crippen LogP contribution in [0.15, 0.2) is 24.3 Å². The highest BCUT2D eigenvalue weighted by Crippen LogP contribution is 2.27. The van der Waals surface area contributed by atoms with Gasteiger partial charge in [-0.05, 0) is 29.6 Å². The van der Waals surface area contributed by atoms with E-state index in [1.165, 1.54) is 0 Å². The van der Waals surface area contributed by atoms with Gasteiger partial charge in [-0.1, -0.05) is 24.3 Å². The van der Waals surface area contributed by atoms with Gasteiger partial charge in [0.15, 0.2) is 5.82 Å². The van der Waals surface area contributed by atoms with Crippen molar-refractivity contribution in [2.75, 3.05) is 17.7 Å². The number of hydrogen-bond donors (Lipinski definition) is 3. The summed E-state index contributed by atoms with van der Waals surface area (Å²) in [6, 6.07) is 7.96. The fourth-order valence-electron chi connectivity index (χ4n) is 1.92. The number of ether oxygens (including phenoxy) is 1. The third-order valence-corrected chi connectivity index (χ3v) is 3.80. The first-order valence-corrected chi connectivity index (χ1v) is 7.34. The first-order chi connectivity index (χ1) is 10.1. The molecular weight excluding hydrogens is 288 g/mol. The van der Waals surface area contributed by atoms with Gasteiger partial charge in [0.2, 0.25) is 0 Å². The van der Waals surface area contributed by atoms with E-state index in [-0.39, 0.29) is 11.4 Å². The molecule has 0 atom stereocenters. The van der Waals surface area contributed by atoms with E-state index in [9.17, 15) is 4.79 Å². The molecule has 1 amide bonds. The summed E-state index contributed by atoms with van der Waals surface area (Å²) in [5.41, 5.74) is 13.4. The Balaban J connectivity index is 2.12. The lowest BCUT2D eigenvalue weighted by Gasteiger charge is -2.11. The molecule has 21 heavy (non-hydrogen) atoms. The highest BCUT2D eigenvalue weighted by molar-refractivity contribution is 7.11. The number of nitrogen functional groups attached to an aromatic ring is 1. The molecule has 1 heterocycles. The zero-order valence-electron chi connectivity index (χ0n) is 11.8. The standard InChI is InChI=1S/C14H18N4O2S/c1-2-20-8-10-6-4-3-5-9(10)7-17-14-11(13(16)19)12(15)18-21-14/h3-6,17H,2,7-8H2,1H3,(H2,15,18)(H2,16,19). The third-order valence-electron chi connectivity index (χ3n) is 2.98. The van der Waals surface area contributed by atoms with Crippen LogP contribution in [-0.2, 0) is 17.9 Å². The fourth-order valence-corrected chi connectivity index (χ4v) is 2.63. The number of hydrogen-bond acceptors (Lipinski definition) is 6. The molecule has 2 rings (SSSR count). The Morgan fingerprint density at radius 1 is 1.38 bits per heavy atom. The monoisotopic (exact) mass is 306 g/mol. The summed E-state index contributed by atoms with van der Waals surface area (Å²) in [4.78, 5) is 11.4. The van der Waals surface area contributed by atoms with E-state index >= 15 is 0 Å². The van der Waals surface area contributed by atoms with Crippen LogP contribution in [0, 0.1) is 0 Å². The molecule has 7 heteroatoms. The van der Waals surface area contributed by atoms with Crippen LogP contribution < -0.4 is 16.8 Å². The Morgan fingerprint density at radius 3 is 2.76 bits per heavy atom. The second kappa shape index (κ2) is 7.05. The number of nitrogens with one attached hydrogen (secondary N) is 1. The van der Waals surface area contributed by atoms with Gasteiger partial charge in [0.25, 0.3) is 5.91 Å². The Morgan fingerprint density at radius 2 is 2.10 bits per heavy atom. The van der Waals surface area contributed by atoms with Crippen molar-refractivity contribution in [1.29, 1.82) is 0 Å². The molecule has 6 nitrogen and oxygen atoms in total. The zero-order valence-corrected chi connectivity index (χ0v) is 12.6. The molecule has 5 N–H and O–H groups in total. The molecule has 0 bridgehead atoms. The molecule has 0 aliphatic heterocycles. The normalized spacial score (nSPS) is 10.5. The quantitative estimate of drug-likeness (QED) is 0.725. The van der Waals surface area contributed by atoms with E-state index in [1.807, 2.05) is 31.2 Å². The van der Waals surface area contributed by atoms with Gasteiger partial charge in [-0.15, -0.1) is 0 Å². The van der Waals surface area contributed by atoms with Crippen LogP contribution in [0.5, 0.6) is 0 Å². The van der Waals surface area contributed by atoms with Crippen molar-refractivity contribution in [2.45, 2.75) is 20.1 Å². The summed E-state index contributed by atoms with van der Waals surface area (Å²) in [6.45, 7) is 3.73. The average Bonchev–Trinajstić information content (AvgIpc) is 2.85. The minimum Gasteiger partial charge on any atom is -0.382 e. The lowest BCUT2D eigenvalue weighted by Crippen LogP contribution is -2.15. The fraction of sp³-hybridized carbons (Fsp3) is 0.286. The van der Waals surface area contributed by atoms with Crippen LogP contribution in [-0.4, -0.2) is 16.9 Å². The van der Waals surface area contributed by atoms with E-state index in [2.05, 4.69) is 9.69 Å². The number of nitrogens with two attached hydrogens (primary N) is 2. The van der Waals surface area contributed by atoms with Gasteiger partial charge >= 0.3 is 0 Å². The summed E-state index contributed by atoms with van der Waals surface area (Å²) in [6.07, 6.45) is 0. The molecule has 1 aromatic heterocycles. The maximum atomic E-state index is 11.4. The number of benzene rings is 1. The molecule has 0 fully saturated rings. The van der Waals surface area contributed by atoms with Gasteiger partial charge in [-0.25, -0.2) is 0 Å². The predicted molar refractivity (Wildman–Crippen MR) is 84.1 cm³/mol. The number of anilines is 2. The van der Waals surface area contributed by atoms with Gasteiger partial charge in [-0.3, -0.25) is 4.79 Å². The Labute approximate surface area is 127 Å². The van der Waals surface area contributed by atoms with E-state index in [4.69, 9.17) is 16.2 Å². The smallest absolute Gasteiger partial charge is 0.255 e. The van der Waals surface area contributed by atoms with Crippen LogP contribution >= 0.6 is 11.5 Å². The molecule has 0 aliphatic rings. The molecule has 0 spiro atoms. The SMILES string of the molecule is CCOCc1ccccc1CNc1snc(N)c1C(N)=O. The third kappa shape index (κ3) is 3.71. The lowest BCUT2D eigenvalue weighted by atomic mass is 10.1. The van der Waals surface area contributed by atoms with Gasteiger partial charge < -0.3 is 21.5 Å². The first-order valence-electron chi connectivity index (χ1n) is 6.56. The maximum Gasteiger partial charge on any atom is 0.255 e. The van der Waals surface area contributed by atoms with Crippen molar-refractivity contribution in [3.63, 3.8) is 0 Å². The zero-order chi connectivity index (χ0) is 15.2. The van der Waals surface area contributed by atoms with Crippen molar-refractivity contribution in [3.05, 3.63) is 41.0 Å². The maximum absolute atomic E-state index is 11.4. The minimum absolute atomic E-state index is 0.164. The number of aromatic nitrogens is 1. The van der Waals surface area contributed by atoms with Crippen molar-refractivity contribution in [1.82, 2.24) is 4.37 Å². The number of amides is 1. The molecular formula is C14H18N4O2S. The van der Waals surface area contributed by atoms with Crippen molar-refractivity contribution < 1.29 is 9.53 Å². The van der Waals surface area contributed by atoms with Crippen LogP contribution in [0.25, 0.3) is 0 Å². The topological polar surface area (TPSA) is 103 Å². The van der Waals surface area contributed by atoms with E-state index < -0.39 is 5.91 Å². The molecule has 0 radical (unpaired) electrons. The van der Waals surface area contributed by atoms with E-state index in [0.717, 1.165) is 22.7 Å². The summed E-state index contributed by atoms with van der Waals surface area (Å²) in [5, 5.41) is 3.76. The molecule has 112 valence electrons. The second-order valence-corrected chi connectivity index (χ2v) is 5.17. The van der Waals surface area contributed by atoms with Crippen molar-refractivity contribution in [2.24, 2.45) is 5.73 Å². The van der Waals surface area contributed by atoms with Gasteiger partial charge in [0, 0.05) is 13.2 Å². The van der Waals surface area contributed by atoms with Crippen LogP contribution in [0.2, 0.25) is 0 Å². The number of nitrogens with zero attached hydrogens (tertiary/aromatic N) is 1. The number of carbonyl (C=O) groups is 1. The molecule has 0 saturated carbocycles. The average molecular weight is 306 g/mol. The largest absolute Gasteiger partial charge is 0.382 e. The molecule has 1 aromatic carbocycles. The highest BCUT2D eigenvalue weighted by Gasteiger charge is 2.16. The second-order valence-electron chi connectivity index (χ2n) is 4.40. The number of carbonyl (C=O) groups excluding carboxylic acids is 1. The molecule has 0 aliphatic carbocycles. The molecule has 0 saturated heterocycles. The van der Waals surface area contributed by atoms with E-state index in [1.54, 1.807) is 0 Å². The summed E-state index contributed by atoms with van der Waals surface area (Å²) < 4.78 is 9.40. The predicted octanol–water partition coefficient (Wildman–Crippen LogP) is 1.97. The first kappa shape index (κ1) is 15.3. The van der Waals surface area contributed by atoms with Crippen molar-refractivity contribution >= 4 is 28.3 Å². The summed E-state index contributed by atoms with van der Waals surface area (Å²) >= 11 is 1.13. The lowest BCUT2D eigenvalue weighted by molar-refractivity contribution is 0.100. The van der Waals surface area contributed by atoms with Gasteiger partial charge in [-0.2, -0.15) is 4.37 Å². The number of rotatable bonds is 7. The molecule has 2 aromatic rings. The minimum atomic E-state index is -0.577. The molecule has 0 unspecified atom stereocenters. The summed E-state index contributed by atoms with van der Waals surface area (Å²) in [7, 11) is 0. The van der Waals surface area contributed by atoms with Gasteiger partial charge in [0.1, 0.15) is 10.6 Å². The highest BCUT2D eigenvalue weighted by atomic mass is 32.1. The van der Waals surface area contributed by atoms with Crippen LogP contribution in [0.3, 0.4) is 0 Å². The van der Waals surface area contributed by atoms with Crippen molar-refractivity contribution in [3.8, 4) is 0 Å².